The lowest BCUT2D eigenvalue weighted by Crippen LogP contribution is -2.09. The van der Waals surface area contributed by atoms with Crippen molar-refractivity contribution in [3.8, 4) is 11.1 Å². The molecule has 0 unspecified atom stereocenters. The first-order chi connectivity index (χ1) is 12.2. The molecule has 0 fully saturated rings. The van der Waals surface area contributed by atoms with Crippen LogP contribution in [-0.2, 0) is 15.7 Å². The van der Waals surface area contributed by atoms with E-state index in [1.54, 1.807) is 19.1 Å². The summed E-state index contributed by atoms with van der Waals surface area (Å²) in [5, 5.41) is 9.48. The summed E-state index contributed by atoms with van der Waals surface area (Å²) < 4.78 is 42.3. The monoisotopic (exact) mass is 364 g/mol. The number of hydrogen-bond donors (Lipinski definition) is 1. The third-order valence-electron chi connectivity index (χ3n) is 3.47. The van der Waals surface area contributed by atoms with Gasteiger partial charge in [0.15, 0.2) is 5.78 Å². The number of ketones is 1. The fraction of sp³-hybridized carbons (Fsp3) is 0.158. The van der Waals surface area contributed by atoms with Gasteiger partial charge in [-0.1, -0.05) is 36.4 Å². The van der Waals surface area contributed by atoms with Gasteiger partial charge in [0, 0.05) is 11.6 Å². The maximum absolute atomic E-state index is 12.6. The van der Waals surface area contributed by atoms with Gasteiger partial charge < -0.3 is 9.84 Å². The van der Waals surface area contributed by atoms with Crippen LogP contribution in [0.2, 0.25) is 0 Å². The molecule has 4 nitrogen and oxygen atoms in total. The van der Waals surface area contributed by atoms with E-state index >= 15 is 0 Å². The number of alkyl halides is 3. The van der Waals surface area contributed by atoms with Crippen LogP contribution in [0.25, 0.3) is 11.1 Å². The predicted molar refractivity (Wildman–Crippen MR) is 88.6 cm³/mol. The molecule has 0 aliphatic rings. The number of halogens is 3. The summed E-state index contributed by atoms with van der Waals surface area (Å²) in [6.07, 6.45) is -3.65. The van der Waals surface area contributed by atoms with Crippen LogP contribution in [0.1, 0.15) is 22.8 Å². The number of benzene rings is 2. The van der Waals surface area contributed by atoms with Crippen molar-refractivity contribution in [2.45, 2.75) is 13.1 Å². The third-order valence-corrected chi connectivity index (χ3v) is 3.47. The van der Waals surface area contributed by atoms with E-state index in [0.29, 0.717) is 11.1 Å². The van der Waals surface area contributed by atoms with Gasteiger partial charge in [0.1, 0.15) is 0 Å². The molecule has 2 aromatic carbocycles. The van der Waals surface area contributed by atoms with Crippen molar-refractivity contribution in [3.05, 3.63) is 71.5 Å². The van der Waals surface area contributed by atoms with Gasteiger partial charge in [0.05, 0.1) is 12.2 Å². The molecule has 2 rings (SSSR count). The Labute approximate surface area is 147 Å². The summed E-state index contributed by atoms with van der Waals surface area (Å²) >= 11 is 0. The maximum Gasteiger partial charge on any atom is 0.416 e. The molecule has 0 atom stereocenters. The SMILES string of the molecule is CCOC(=O)/C(O)=C/C(=O)c1ccc(-c2ccc(C(F)(F)F)cc2)cc1. The number of aliphatic hydroxyl groups excluding tert-OH is 1. The van der Waals surface area contributed by atoms with E-state index in [2.05, 4.69) is 4.74 Å². The molecular weight excluding hydrogens is 349 g/mol. The van der Waals surface area contributed by atoms with Crippen molar-refractivity contribution >= 4 is 11.8 Å². The van der Waals surface area contributed by atoms with Gasteiger partial charge in [-0.25, -0.2) is 4.79 Å². The molecule has 26 heavy (non-hydrogen) atoms. The summed E-state index contributed by atoms with van der Waals surface area (Å²) in [4.78, 5) is 23.3. The molecule has 0 aliphatic heterocycles. The van der Waals surface area contributed by atoms with Gasteiger partial charge >= 0.3 is 12.1 Å². The van der Waals surface area contributed by atoms with Gasteiger partial charge in [-0.2, -0.15) is 13.2 Å². The smallest absolute Gasteiger partial charge is 0.416 e. The van der Waals surface area contributed by atoms with Crippen LogP contribution in [0, 0.1) is 0 Å². The number of ether oxygens (including phenoxy) is 1. The Morgan fingerprint density at radius 3 is 1.96 bits per heavy atom. The summed E-state index contributed by atoms with van der Waals surface area (Å²) in [6.45, 7) is 1.62. The number of hydrogen-bond acceptors (Lipinski definition) is 4. The molecule has 1 N–H and O–H groups in total. The van der Waals surface area contributed by atoms with Crippen molar-refractivity contribution in [2.75, 3.05) is 6.61 Å². The Bertz CT molecular complexity index is 819. The summed E-state index contributed by atoms with van der Waals surface area (Å²) in [7, 11) is 0. The van der Waals surface area contributed by atoms with E-state index in [1.165, 1.54) is 24.3 Å². The van der Waals surface area contributed by atoms with Crippen molar-refractivity contribution in [3.63, 3.8) is 0 Å². The van der Waals surface area contributed by atoms with Crippen molar-refractivity contribution in [1.82, 2.24) is 0 Å². The Morgan fingerprint density at radius 2 is 1.50 bits per heavy atom. The highest BCUT2D eigenvalue weighted by molar-refractivity contribution is 6.08. The largest absolute Gasteiger partial charge is 0.502 e. The van der Waals surface area contributed by atoms with Gasteiger partial charge in [-0.15, -0.1) is 0 Å². The van der Waals surface area contributed by atoms with E-state index < -0.39 is 29.3 Å². The van der Waals surface area contributed by atoms with Crippen LogP contribution < -0.4 is 0 Å². The molecule has 0 heterocycles. The number of esters is 1. The van der Waals surface area contributed by atoms with Crippen LogP contribution in [-0.4, -0.2) is 23.5 Å². The highest BCUT2D eigenvalue weighted by Gasteiger charge is 2.29. The molecular formula is C19H15F3O4. The average Bonchev–Trinajstić information content (AvgIpc) is 2.61. The van der Waals surface area contributed by atoms with Crippen LogP contribution in [0.5, 0.6) is 0 Å². The van der Waals surface area contributed by atoms with Gasteiger partial charge in [-0.05, 0) is 30.2 Å². The zero-order valence-electron chi connectivity index (χ0n) is 13.7. The molecule has 0 bridgehead atoms. The minimum Gasteiger partial charge on any atom is -0.502 e. The first-order valence-corrected chi connectivity index (χ1v) is 7.62. The van der Waals surface area contributed by atoms with Gasteiger partial charge in [0.2, 0.25) is 5.76 Å². The van der Waals surface area contributed by atoms with E-state index in [1.807, 2.05) is 0 Å². The van der Waals surface area contributed by atoms with Crippen LogP contribution in [0.4, 0.5) is 13.2 Å². The number of carbonyl (C=O) groups excluding carboxylic acids is 2. The van der Waals surface area contributed by atoms with Crippen LogP contribution in [0.15, 0.2) is 60.4 Å². The average molecular weight is 364 g/mol. The normalized spacial score (nSPS) is 11.9. The number of rotatable bonds is 5. The fourth-order valence-corrected chi connectivity index (χ4v) is 2.15. The summed E-state index contributed by atoms with van der Waals surface area (Å²) in [5.74, 6) is -2.40. The van der Waals surface area contributed by atoms with E-state index in [-0.39, 0.29) is 12.2 Å². The van der Waals surface area contributed by atoms with E-state index in [0.717, 1.165) is 18.2 Å². The number of allylic oxidation sites excluding steroid dienone is 1. The van der Waals surface area contributed by atoms with Crippen molar-refractivity contribution in [2.24, 2.45) is 0 Å². The second kappa shape index (κ2) is 7.86. The van der Waals surface area contributed by atoms with Crippen molar-refractivity contribution < 1.29 is 32.6 Å². The standard InChI is InChI=1S/C19H15F3O4/c1-2-26-18(25)17(24)11-16(23)14-5-3-12(4-6-14)13-7-9-15(10-8-13)19(20,21)22/h3-11,24H,2H2,1H3/b17-11-. The maximum atomic E-state index is 12.6. The molecule has 7 heteroatoms. The lowest BCUT2D eigenvalue weighted by atomic mass is 10.0. The minimum atomic E-state index is -4.40. The van der Waals surface area contributed by atoms with Gasteiger partial charge in [0.25, 0.3) is 0 Å². The lowest BCUT2D eigenvalue weighted by molar-refractivity contribution is -0.141. The first-order valence-electron chi connectivity index (χ1n) is 7.62. The summed E-state index contributed by atoms with van der Waals surface area (Å²) in [6, 6.07) is 10.7. The molecule has 0 radical (unpaired) electrons. The minimum absolute atomic E-state index is 0.0623. The quantitative estimate of drug-likeness (QED) is 0.366. The summed E-state index contributed by atoms with van der Waals surface area (Å²) in [5.41, 5.74) is 0.639. The van der Waals surface area contributed by atoms with Gasteiger partial charge in [-0.3, -0.25) is 4.79 Å². The van der Waals surface area contributed by atoms with Crippen LogP contribution in [0.3, 0.4) is 0 Å². The molecule has 0 amide bonds. The molecule has 0 aliphatic carbocycles. The Kier molecular flexibility index (Phi) is 5.82. The molecule has 0 saturated carbocycles. The predicted octanol–water partition coefficient (Wildman–Crippen LogP) is 4.56. The molecule has 0 spiro atoms. The van der Waals surface area contributed by atoms with E-state index in [4.69, 9.17) is 0 Å². The topological polar surface area (TPSA) is 63.6 Å². The highest BCUT2D eigenvalue weighted by Crippen LogP contribution is 2.31. The zero-order chi connectivity index (χ0) is 19.3. The molecule has 2 aromatic rings. The lowest BCUT2D eigenvalue weighted by Gasteiger charge is -2.08. The van der Waals surface area contributed by atoms with Crippen LogP contribution >= 0.6 is 0 Å². The Morgan fingerprint density at radius 1 is 1.00 bits per heavy atom. The van der Waals surface area contributed by atoms with Crippen molar-refractivity contribution in [1.29, 1.82) is 0 Å². The Balaban J connectivity index is 2.16. The Hall–Kier alpha value is -3.09. The fourth-order valence-electron chi connectivity index (χ4n) is 2.15. The number of aliphatic hydroxyl groups is 1. The zero-order valence-corrected chi connectivity index (χ0v) is 13.7. The second-order valence-electron chi connectivity index (χ2n) is 5.27. The number of carbonyl (C=O) groups is 2. The van der Waals surface area contributed by atoms with E-state index in [9.17, 15) is 27.9 Å². The molecule has 0 aromatic heterocycles. The molecule has 0 saturated heterocycles. The molecule has 136 valence electrons. The first kappa shape index (κ1) is 19.2. The highest BCUT2D eigenvalue weighted by atomic mass is 19.4. The second-order valence-corrected chi connectivity index (χ2v) is 5.27. The third kappa shape index (κ3) is 4.72.